The van der Waals surface area contributed by atoms with Gasteiger partial charge in [-0.05, 0) is 49.2 Å². The van der Waals surface area contributed by atoms with E-state index < -0.39 is 0 Å². The normalized spacial score (nSPS) is 13.5. The molecule has 2 rings (SSSR count). The van der Waals surface area contributed by atoms with E-state index in [1.54, 1.807) is 0 Å². The lowest BCUT2D eigenvalue weighted by molar-refractivity contribution is 0.494. The Morgan fingerprint density at radius 2 is 1.60 bits per heavy atom. The van der Waals surface area contributed by atoms with Crippen LogP contribution in [0.3, 0.4) is 0 Å². The average molecular weight is 329 g/mol. The SMILES string of the molecule is CC(N[C@H](C)c1cccc(Br)c1)c1cccc(C#N)c1. The Bertz CT molecular complexity index is 631. The Hall–Kier alpha value is -1.63. The minimum absolute atomic E-state index is 0.192. The Balaban J connectivity index is 2.11. The summed E-state index contributed by atoms with van der Waals surface area (Å²) in [4.78, 5) is 0. The lowest BCUT2D eigenvalue weighted by Crippen LogP contribution is -2.22. The molecule has 0 spiro atoms. The minimum Gasteiger partial charge on any atom is -0.304 e. The molecule has 0 heterocycles. The lowest BCUT2D eigenvalue weighted by Gasteiger charge is -2.21. The van der Waals surface area contributed by atoms with Crippen LogP contribution in [0.1, 0.15) is 42.6 Å². The van der Waals surface area contributed by atoms with Gasteiger partial charge in [-0.25, -0.2) is 0 Å². The highest BCUT2D eigenvalue weighted by Gasteiger charge is 2.11. The number of hydrogen-bond donors (Lipinski definition) is 1. The highest BCUT2D eigenvalue weighted by molar-refractivity contribution is 9.10. The van der Waals surface area contributed by atoms with Crippen molar-refractivity contribution in [3.63, 3.8) is 0 Å². The van der Waals surface area contributed by atoms with Crippen LogP contribution in [0.25, 0.3) is 0 Å². The maximum atomic E-state index is 8.96. The fourth-order valence-electron chi connectivity index (χ4n) is 2.22. The molecule has 0 aliphatic heterocycles. The van der Waals surface area contributed by atoms with Gasteiger partial charge in [-0.2, -0.15) is 5.26 Å². The minimum atomic E-state index is 0.192. The first-order chi connectivity index (χ1) is 9.60. The summed E-state index contributed by atoms with van der Waals surface area (Å²) in [5, 5.41) is 12.5. The summed E-state index contributed by atoms with van der Waals surface area (Å²) in [6.45, 7) is 4.26. The Morgan fingerprint density at radius 1 is 1.00 bits per heavy atom. The Kier molecular flexibility index (Phi) is 4.94. The van der Waals surface area contributed by atoms with Crippen LogP contribution in [0.4, 0.5) is 0 Å². The summed E-state index contributed by atoms with van der Waals surface area (Å²) in [6, 6.07) is 18.7. The standard InChI is InChI=1S/C17H17BrN2/c1-12(15-6-3-5-14(9-15)11-19)20-13(2)16-7-4-8-17(18)10-16/h3-10,12-13,20H,1-2H3/t12?,13-/m1/s1. The second-order valence-electron chi connectivity index (χ2n) is 4.90. The molecular weight excluding hydrogens is 312 g/mol. The number of rotatable bonds is 4. The van der Waals surface area contributed by atoms with Gasteiger partial charge in [0.15, 0.2) is 0 Å². The van der Waals surface area contributed by atoms with Gasteiger partial charge in [-0.1, -0.05) is 40.2 Å². The van der Waals surface area contributed by atoms with Crippen molar-refractivity contribution < 1.29 is 0 Å². The summed E-state index contributed by atoms with van der Waals surface area (Å²) >= 11 is 3.50. The van der Waals surface area contributed by atoms with E-state index in [1.165, 1.54) is 5.56 Å². The fourth-order valence-corrected chi connectivity index (χ4v) is 2.64. The van der Waals surface area contributed by atoms with Crippen molar-refractivity contribution in [1.29, 1.82) is 5.26 Å². The maximum absolute atomic E-state index is 8.96. The number of halogens is 1. The monoisotopic (exact) mass is 328 g/mol. The van der Waals surface area contributed by atoms with Crippen LogP contribution < -0.4 is 5.32 Å². The van der Waals surface area contributed by atoms with Gasteiger partial charge in [0.1, 0.15) is 0 Å². The number of nitrogens with zero attached hydrogens (tertiary/aromatic N) is 1. The molecule has 2 nitrogen and oxygen atoms in total. The molecule has 2 aromatic rings. The Labute approximate surface area is 128 Å². The molecule has 2 atom stereocenters. The first-order valence-electron chi connectivity index (χ1n) is 6.61. The highest BCUT2D eigenvalue weighted by atomic mass is 79.9. The molecule has 0 saturated heterocycles. The zero-order valence-electron chi connectivity index (χ0n) is 11.6. The predicted molar refractivity (Wildman–Crippen MR) is 85.3 cm³/mol. The second-order valence-corrected chi connectivity index (χ2v) is 5.82. The van der Waals surface area contributed by atoms with Gasteiger partial charge >= 0.3 is 0 Å². The smallest absolute Gasteiger partial charge is 0.0991 e. The van der Waals surface area contributed by atoms with Gasteiger partial charge in [0.05, 0.1) is 11.6 Å². The largest absolute Gasteiger partial charge is 0.304 e. The summed E-state index contributed by atoms with van der Waals surface area (Å²) < 4.78 is 1.09. The van der Waals surface area contributed by atoms with Crippen LogP contribution in [0.2, 0.25) is 0 Å². The molecule has 0 aromatic heterocycles. The molecule has 0 radical (unpaired) electrons. The van der Waals surface area contributed by atoms with E-state index in [9.17, 15) is 0 Å². The average Bonchev–Trinajstić information content (AvgIpc) is 2.47. The van der Waals surface area contributed by atoms with Gasteiger partial charge in [-0.15, -0.1) is 0 Å². The molecule has 1 N–H and O–H groups in total. The molecule has 1 unspecified atom stereocenters. The molecule has 102 valence electrons. The van der Waals surface area contributed by atoms with Crippen LogP contribution in [-0.4, -0.2) is 0 Å². The zero-order valence-corrected chi connectivity index (χ0v) is 13.2. The van der Waals surface area contributed by atoms with E-state index in [-0.39, 0.29) is 12.1 Å². The topological polar surface area (TPSA) is 35.8 Å². The van der Waals surface area contributed by atoms with Crippen LogP contribution in [-0.2, 0) is 0 Å². The molecule has 0 bridgehead atoms. The van der Waals surface area contributed by atoms with Gasteiger partial charge in [0, 0.05) is 16.6 Å². The quantitative estimate of drug-likeness (QED) is 0.880. The number of hydrogen-bond acceptors (Lipinski definition) is 2. The summed E-state index contributed by atoms with van der Waals surface area (Å²) in [5.74, 6) is 0. The molecule has 2 aromatic carbocycles. The molecule has 3 heteroatoms. The van der Waals surface area contributed by atoms with E-state index >= 15 is 0 Å². The maximum Gasteiger partial charge on any atom is 0.0991 e. The molecule has 0 saturated carbocycles. The van der Waals surface area contributed by atoms with Crippen molar-refractivity contribution in [3.05, 3.63) is 69.7 Å². The highest BCUT2D eigenvalue weighted by Crippen LogP contribution is 2.22. The van der Waals surface area contributed by atoms with Crippen molar-refractivity contribution in [2.24, 2.45) is 0 Å². The third-order valence-corrected chi connectivity index (χ3v) is 3.86. The summed E-state index contributed by atoms with van der Waals surface area (Å²) in [7, 11) is 0. The molecule has 0 aliphatic carbocycles. The molecular formula is C17H17BrN2. The molecule has 20 heavy (non-hydrogen) atoms. The molecule has 0 aliphatic rings. The van der Waals surface area contributed by atoms with Crippen molar-refractivity contribution in [2.45, 2.75) is 25.9 Å². The van der Waals surface area contributed by atoms with Crippen LogP contribution in [0.15, 0.2) is 53.0 Å². The van der Waals surface area contributed by atoms with Crippen LogP contribution >= 0.6 is 15.9 Å². The fraction of sp³-hybridized carbons (Fsp3) is 0.235. The third kappa shape index (κ3) is 3.69. The number of benzene rings is 2. The van der Waals surface area contributed by atoms with Crippen molar-refractivity contribution in [1.82, 2.24) is 5.32 Å². The van der Waals surface area contributed by atoms with Crippen molar-refractivity contribution in [3.8, 4) is 6.07 Å². The first kappa shape index (κ1) is 14.8. The van der Waals surface area contributed by atoms with E-state index in [0.717, 1.165) is 10.0 Å². The summed E-state index contributed by atoms with van der Waals surface area (Å²) in [5.41, 5.74) is 3.07. The number of nitriles is 1. The third-order valence-electron chi connectivity index (χ3n) is 3.36. The first-order valence-corrected chi connectivity index (χ1v) is 7.41. The van der Waals surface area contributed by atoms with Gasteiger partial charge in [0.2, 0.25) is 0 Å². The number of nitrogens with one attached hydrogen (secondary N) is 1. The second kappa shape index (κ2) is 6.69. The van der Waals surface area contributed by atoms with Gasteiger partial charge in [-0.3, -0.25) is 0 Å². The van der Waals surface area contributed by atoms with Crippen LogP contribution in [0, 0.1) is 11.3 Å². The molecule has 0 amide bonds. The van der Waals surface area contributed by atoms with Crippen LogP contribution in [0.5, 0.6) is 0 Å². The van der Waals surface area contributed by atoms with Gasteiger partial charge < -0.3 is 5.32 Å². The van der Waals surface area contributed by atoms with E-state index in [0.29, 0.717) is 5.56 Å². The lowest BCUT2D eigenvalue weighted by atomic mass is 10.0. The van der Waals surface area contributed by atoms with Gasteiger partial charge in [0.25, 0.3) is 0 Å². The zero-order chi connectivity index (χ0) is 14.5. The van der Waals surface area contributed by atoms with E-state index in [1.807, 2.05) is 36.4 Å². The molecule has 0 fully saturated rings. The Morgan fingerprint density at radius 3 is 2.20 bits per heavy atom. The summed E-state index contributed by atoms with van der Waals surface area (Å²) in [6.07, 6.45) is 0. The van der Waals surface area contributed by atoms with Crippen molar-refractivity contribution >= 4 is 15.9 Å². The predicted octanol–water partition coefficient (Wildman–Crippen LogP) is 4.73. The van der Waals surface area contributed by atoms with Crippen molar-refractivity contribution in [2.75, 3.05) is 0 Å². The van der Waals surface area contributed by atoms with E-state index in [4.69, 9.17) is 5.26 Å². The van der Waals surface area contributed by atoms with E-state index in [2.05, 4.69) is 53.3 Å².